The quantitative estimate of drug-likeness (QED) is 0.929. The van der Waals surface area contributed by atoms with E-state index in [0.717, 1.165) is 0 Å². The van der Waals surface area contributed by atoms with E-state index in [1.54, 1.807) is 17.3 Å². The minimum atomic E-state index is -0.466. The van der Waals surface area contributed by atoms with Crippen molar-refractivity contribution in [3.8, 4) is 11.6 Å². The molecule has 1 aliphatic rings. The SMILES string of the molecule is CC(C)(C)OC(=O)N1CC(Cc2nc(-c3ncc[nH]3)no2)C1. The number of carbonyl (C=O) groups is 1. The molecule has 8 nitrogen and oxygen atoms in total. The zero-order chi connectivity index (χ0) is 15.7. The van der Waals surface area contributed by atoms with Crippen LogP contribution in [0, 0.1) is 5.92 Å². The molecule has 1 saturated heterocycles. The molecule has 8 heteroatoms. The first-order valence-electron chi connectivity index (χ1n) is 7.21. The maximum atomic E-state index is 11.8. The maximum absolute atomic E-state index is 11.8. The molecule has 1 aliphatic heterocycles. The van der Waals surface area contributed by atoms with Crippen LogP contribution in [0.15, 0.2) is 16.9 Å². The Morgan fingerprint density at radius 2 is 2.27 bits per heavy atom. The fraction of sp³-hybridized carbons (Fsp3) is 0.571. The van der Waals surface area contributed by atoms with E-state index in [4.69, 9.17) is 9.26 Å². The van der Waals surface area contributed by atoms with Crippen LogP contribution < -0.4 is 0 Å². The molecule has 1 amide bonds. The number of nitrogens with zero attached hydrogens (tertiary/aromatic N) is 4. The first-order chi connectivity index (χ1) is 10.4. The van der Waals surface area contributed by atoms with Gasteiger partial charge in [-0.25, -0.2) is 9.78 Å². The normalized spacial score (nSPS) is 15.7. The molecule has 0 unspecified atom stereocenters. The molecule has 0 bridgehead atoms. The summed E-state index contributed by atoms with van der Waals surface area (Å²) in [5, 5.41) is 3.89. The lowest BCUT2D eigenvalue weighted by atomic mass is 9.97. The van der Waals surface area contributed by atoms with Gasteiger partial charge in [0.2, 0.25) is 11.7 Å². The molecule has 2 aromatic rings. The van der Waals surface area contributed by atoms with Crippen LogP contribution in [0.2, 0.25) is 0 Å². The van der Waals surface area contributed by atoms with Crippen LogP contribution in [0.1, 0.15) is 26.7 Å². The summed E-state index contributed by atoms with van der Waals surface area (Å²) in [6.07, 6.45) is 3.71. The second kappa shape index (κ2) is 5.43. The second-order valence-electron chi connectivity index (χ2n) is 6.40. The van der Waals surface area contributed by atoms with Gasteiger partial charge in [0, 0.05) is 37.8 Å². The Bertz CT molecular complexity index is 638. The van der Waals surface area contributed by atoms with E-state index in [9.17, 15) is 4.79 Å². The number of ether oxygens (including phenoxy) is 1. The largest absolute Gasteiger partial charge is 0.444 e. The molecule has 0 saturated carbocycles. The average molecular weight is 305 g/mol. The maximum Gasteiger partial charge on any atom is 0.410 e. The van der Waals surface area contributed by atoms with Gasteiger partial charge < -0.3 is 19.1 Å². The van der Waals surface area contributed by atoms with Crippen LogP contribution in [0.25, 0.3) is 11.6 Å². The minimum absolute atomic E-state index is 0.273. The highest BCUT2D eigenvalue weighted by atomic mass is 16.6. The fourth-order valence-electron chi connectivity index (χ4n) is 2.24. The van der Waals surface area contributed by atoms with Gasteiger partial charge in [-0.3, -0.25) is 0 Å². The Hall–Kier alpha value is -2.38. The third kappa shape index (κ3) is 3.26. The minimum Gasteiger partial charge on any atom is -0.444 e. The number of likely N-dealkylation sites (tertiary alicyclic amines) is 1. The van der Waals surface area contributed by atoms with Crippen molar-refractivity contribution in [3.05, 3.63) is 18.3 Å². The number of nitrogens with one attached hydrogen (secondary N) is 1. The summed E-state index contributed by atoms with van der Waals surface area (Å²) in [6.45, 7) is 6.87. The number of carbonyl (C=O) groups excluding carboxylic acids is 1. The summed E-state index contributed by atoms with van der Waals surface area (Å²) in [7, 11) is 0. The lowest BCUT2D eigenvalue weighted by molar-refractivity contribution is -0.00186. The third-order valence-electron chi connectivity index (χ3n) is 3.25. The van der Waals surface area contributed by atoms with Gasteiger partial charge in [0.25, 0.3) is 0 Å². The first kappa shape index (κ1) is 14.6. The third-order valence-corrected chi connectivity index (χ3v) is 3.25. The zero-order valence-corrected chi connectivity index (χ0v) is 12.9. The number of imidazole rings is 1. The number of aromatic amines is 1. The molecule has 0 radical (unpaired) electrons. The summed E-state index contributed by atoms with van der Waals surface area (Å²) in [6, 6.07) is 0. The summed E-state index contributed by atoms with van der Waals surface area (Å²) < 4.78 is 10.5. The van der Waals surface area contributed by atoms with E-state index >= 15 is 0 Å². The molecular formula is C14H19N5O3. The van der Waals surface area contributed by atoms with E-state index in [1.165, 1.54) is 0 Å². The van der Waals surface area contributed by atoms with Gasteiger partial charge in [-0.15, -0.1) is 0 Å². The molecule has 3 heterocycles. The van der Waals surface area contributed by atoms with Crippen molar-refractivity contribution in [1.29, 1.82) is 0 Å². The Morgan fingerprint density at radius 3 is 2.91 bits per heavy atom. The van der Waals surface area contributed by atoms with E-state index in [-0.39, 0.29) is 6.09 Å². The van der Waals surface area contributed by atoms with E-state index in [1.807, 2.05) is 20.8 Å². The molecule has 22 heavy (non-hydrogen) atoms. The fourth-order valence-corrected chi connectivity index (χ4v) is 2.24. The number of hydrogen-bond donors (Lipinski definition) is 1. The Labute approximate surface area is 127 Å². The molecule has 0 aromatic carbocycles. The predicted molar refractivity (Wildman–Crippen MR) is 76.9 cm³/mol. The average Bonchev–Trinajstić information content (AvgIpc) is 3.01. The Morgan fingerprint density at radius 1 is 1.50 bits per heavy atom. The summed E-state index contributed by atoms with van der Waals surface area (Å²) in [4.78, 5) is 24.8. The highest BCUT2D eigenvalue weighted by molar-refractivity contribution is 5.69. The predicted octanol–water partition coefficient (Wildman–Crippen LogP) is 1.87. The van der Waals surface area contributed by atoms with Crippen LogP contribution in [-0.4, -0.2) is 49.8 Å². The number of aromatic nitrogens is 4. The molecule has 3 rings (SSSR count). The standard InChI is InChI=1S/C14H19N5O3/c1-14(2,3)21-13(20)19-7-9(8-19)6-10-17-12(18-22-10)11-15-4-5-16-11/h4-5,9H,6-8H2,1-3H3,(H,15,16). The van der Waals surface area contributed by atoms with Gasteiger partial charge >= 0.3 is 6.09 Å². The number of rotatable bonds is 3. The molecule has 0 aliphatic carbocycles. The molecule has 1 N–H and O–H groups in total. The van der Waals surface area contributed by atoms with Crippen molar-refractivity contribution >= 4 is 6.09 Å². The van der Waals surface area contributed by atoms with Crippen molar-refractivity contribution < 1.29 is 14.1 Å². The molecular weight excluding hydrogens is 286 g/mol. The van der Waals surface area contributed by atoms with Gasteiger partial charge in [0.05, 0.1) is 0 Å². The van der Waals surface area contributed by atoms with E-state index in [0.29, 0.717) is 43.0 Å². The van der Waals surface area contributed by atoms with Crippen LogP contribution in [0.5, 0.6) is 0 Å². The number of amides is 1. The Balaban J connectivity index is 1.49. The Kier molecular flexibility index (Phi) is 3.59. The van der Waals surface area contributed by atoms with Crippen molar-refractivity contribution in [2.75, 3.05) is 13.1 Å². The van der Waals surface area contributed by atoms with Crippen molar-refractivity contribution in [2.45, 2.75) is 32.8 Å². The van der Waals surface area contributed by atoms with E-state index < -0.39 is 5.60 Å². The van der Waals surface area contributed by atoms with Gasteiger partial charge in [-0.1, -0.05) is 5.16 Å². The van der Waals surface area contributed by atoms with Gasteiger partial charge in [0.1, 0.15) is 5.60 Å². The van der Waals surface area contributed by atoms with Gasteiger partial charge in [0.15, 0.2) is 5.82 Å². The number of hydrogen-bond acceptors (Lipinski definition) is 6. The van der Waals surface area contributed by atoms with Crippen LogP contribution in [0.3, 0.4) is 0 Å². The molecule has 0 atom stereocenters. The molecule has 118 valence electrons. The van der Waals surface area contributed by atoms with Crippen molar-refractivity contribution in [2.24, 2.45) is 5.92 Å². The summed E-state index contributed by atoms with van der Waals surface area (Å²) in [5.41, 5.74) is -0.466. The summed E-state index contributed by atoms with van der Waals surface area (Å²) >= 11 is 0. The molecule has 0 spiro atoms. The van der Waals surface area contributed by atoms with Crippen LogP contribution >= 0.6 is 0 Å². The highest BCUT2D eigenvalue weighted by Crippen LogP contribution is 2.23. The monoisotopic (exact) mass is 305 g/mol. The van der Waals surface area contributed by atoms with Crippen molar-refractivity contribution in [3.63, 3.8) is 0 Å². The first-order valence-corrected chi connectivity index (χ1v) is 7.21. The zero-order valence-electron chi connectivity index (χ0n) is 12.9. The molecule has 2 aromatic heterocycles. The van der Waals surface area contributed by atoms with Crippen LogP contribution in [0.4, 0.5) is 4.79 Å². The lowest BCUT2D eigenvalue weighted by Gasteiger charge is -2.39. The smallest absolute Gasteiger partial charge is 0.410 e. The van der Waals surface area contributed by atoms with Gasteiger partial charge in [-0.05, 0) is 20.8 Å². The highest BCUT2D eigenvalue weighted by Gasteiger charge is 2.34. The lowest BCUT2D eigenvalue weighted by Crippen LogP contribution is -2.52. The van der Waals surface area contributed by atoms with E-state index in [2.05, 4.69) is 20.1 Å². The number of H-pyrrole nitrogens is 1. The molecule has 1 fully saturated rings. The van der Waals surface area contributed by atoms with Crippen molar-refractivity contribution in [1.82, 2.24) is 25.0 Å². The van der Waals surface area contributed by atoms with Crippen LogP contribution in [-0.2, 0) is 11.2 Å². The van der Waals surface area contributed by atoms with Gasteiger partial charge in [-0.2, -0.15) is 4.98 Å². The summed E-state index contributed by atoms with van der Waals surface area (Å²) in [5.74, 6) is 1.90. The second-order valence-corrected chi connectivity index (χ2v) is 6.40. The topological polar surface area (TPSA) is 97.1 Å².